The molecule has 6 heteroatoms. The maximum Gasteiger partial charge on any atom is 0.319 e. The van der Waals surface area contributed by atoms with Crippen LogP contribution < -0.4 is 0 Å². The molecule has 0 aromatic heterocycles. The molecule has 0 bridgehead atoms. The average molecular weight is 283 g/mol. The van der Waals surface area contributed by atoms with Crippen LogP contribution in [0.25, 0.3) is 0 Å². The van der Waals surface area contributed by atoms with Gasteiger partial charge in [-0.3, -0.25) is 9.00 Å². The highest BCUT2D eigenvalue weighted by molar-refractivity contribution is 7.85. The van der Waals surface area contributed by atoms with Gasteiger partial charge in [-0.25, -0.2) is 4.39 Å². The summed E-state index contributed by atoms with van der Waals surface area (Å²) in [6, 6.07) is 5.46. The molecule has 1 rings (SSSR count). The quantitative estimate of drug-likeness (QED) is 0.897. The van der Waals surface area contributed by atoms with Gasteiger partial charge in [0.2, 0.25) is 0 Å². The van der Waals surface area contributed by atoms with Gasteiger partial charge in [-0.05, 0) is 29.7 Å². The van der Waals surface area contributed by atoms with Crippen molar-refractivity contribution in [3.8, 4) is 6.07 Å². The van der Waals surface area contributed by atoms with Crippen molar-refractivity contribution in [3.63, 3.8) is 0 Å². The van der Waals surface area contributed by atoms with Crippen molar-refractivity contribution >= 4 is 16.8 Å². The number of aliphatic carboxylic acids is 1. The summed E-state index contributed by atoms with van der Waals surface area (Å²) in [5, 5.41) is 16.7. The molecule has 0 saturated carbocycles. The van der Waals surface area contributed by atoms with Crippen LogP contribution >= 0.6 is 0 Å². The van der Waals surface area contributed by atoms with E-state index in [-0.39, 0.29) is 17.2 Å². The van der Waals surface area contributed by atoms with Gasteiger partial charge >= 0.3 is 5.97 Å². The second-order valence-corrected chi connectivity index (χ2v) is 6.05. The first kappa shape index (κ1) is 15.3. The summed E-state index contributed by atoms with van der Waals surface area (Å²) >= 11 is 0. The number of carboxylic acid groups (broad SMARTS) is 1. The van der Waals surface area contributed by atoms with Crippen molar-refractivity contribution in [2.24, 2.45) is 5.92 Å². The summed E-state index contributed by atoms with van der Waals surface area (Å²) in [7, 11) is -1.66. The normalized spacial score (nSPS) is 13.8. The largest absolute Gasteiger partial charge is 0.480 e. The van der Waals surface area contributed by atoms with E-state index in [2.05, 4.69) is 0 Å². The van der Waals surface area contributed by atoms with Crippen LogP contribution in [-0.4, -0.2) is 20.5 Å². The number of halogens is 1. The van der Waals surface area contributed by atoms with E-state index in [4.69, 9.17) is 10.4 Å². The molecular formula is C13H14FNO3S. The molecule has 2 atom stereocenters. The first-order valence-corrected chi connectivity index (χ1v) is 7.03. The maximum atomic E-state index is 13.2. The molecule has 1 aromatic carbocycles. The Balaban J connectivity index is 2.96. The molecule has 0 heterocycles. The molecule has 0 amide bonds. The van der Waals surface area contributed by atoms with Gasteiger partial charge in [-0.15, -0.1) is 0 Å². The molecule has 102 valence electrons. The average Bonchev–Trinajstić information content (AvgIpc) is 2.26. The number of hydrogen-bond acceptors (Lipinski definition) is 3. The maximum absolute atomic E-state index is 13.2. The van der Waals surface area contributed by atoms with Gasteiger partial charge in [0, 0.05) is 16.6 Å². The number of nitriles is 1. The fourth-order valence-electron chi connectivity index (χ4n) is 1.75. The summed E-state index contributed by atoms with van der Waals surface area (Å²) < 4.78 is 25.2. The van der Waals surface area contributed by atoms with Crippen LogP contribution in [0.15, 0.2) is 18.2 Å². The lowest BCUT2D eigenvalue weighted by atomic mass is 10.1. The summed E-state index contributed by atoms with van der Waals surface area (Å²) in [5.41, 5.74) is 0.491. The minimum absolute atomic E-state index is 0.0818. The lowest BCUT2D eigenvalue weighted by molar-refractivity contribution is -0.137. The Labute approximate surface area is 113 Å². The van der Waals surface area contributed by atoms with E-state index in [1.807, 2.05) is 0 Å². The first-order valence-electron chi connectivity index (χ1n) is 5.64. The second-order valence-electron chi connectivity index (χ2n) is 4.49. The Morgan fingerprint density at radius 1 is 1.47 bits per heavy atom. The molecule has 0 radical (unpaired) electrons. The standard InChI is InChI=1S/C13H14FNO3S/c1-8(2)12(13(16)17)19(18)7-10-3-9(6-15)4-11(14)5-10/h3-5,8,12H,7H2,1-2H3,(H,16,17). The molecular weight excluding hydrogens is 269 g/mol. The lowest BCUT2D eigenvalue weighted by Gasteiger charge is -2.15. The van der Waals surface area contributed by atoms with Gasteiger partial charge < -0.3 is 5.11 Å². The second kappa shape index (κ2) is 6.43. The van der Waals surface area contributed by atoms with Gasteiger partial charge in [-0.2, -0.15) is 5.26 Å². The van der Waals surface area contributed by atoms with Crippen LogP contribution in [0.5, 0.6) is 0 Å². The Morgan fingerprint density at radius 2 is 2.11 bits per heavy atom. The van der Waals surface area contributed by atoms with E-state index in [1.165, 1.54) is 6.07 Å². The van der Waals surface area contributed by atoms with E-state index in [9.17, 15) is 13.4 Å². The number of nitrogens with zero attached hydrogens (tertiary/aromatic N) is 1. The predicted molar refractivity (Wildman–Crippen MR) is 69.2 cm³/mol. The molecule has 0 aliphatic heterocycles. The fourth-order valence-corrected chi connectivity index (χ4v) is 3.26. The summed E-state index contributed by atoms with van der Waals surface area (Å²) in [4.78, 5) is 11.0. The number of carboxylic acids is 1. The zero-order valence-electron chi connectivity index (χ0n) is 10.6. The smallest absolute Gasteiger partial charge is 0.319 e. The fraction of sp³-hybridized carbons (Fsp3) is 0.385. The van der Waals surface area contributed by atoms with Crippen molar-refractivity contribution in [2.75, 3.05) is 0 Å². The molecule has 0 saturated heterocycles. The molecule has 19 heavy (non-hydrogen) atoms. The van der Waals surface area contributed by atoms with Crippen molar-refractivity contribution in [3.05, 3.63) is 35.1 Å². The highest BCUT2D eigenvalue weighted by atomic mass is 32.2. The van der Waals surface area contributed by atoms with Gasteiger partial charge in [0.1, 0.15) is 11.1 Å². The third-order valence-corrected chi connectivity index (χ3v) is 4.46. The topological polar surface area (TPSA) is 78.2 Å². The van der Waals surface area contributed by atoms with E-state index >= 15 is 0 Å². The van der Waals surface area contributed by atoms with Gasteiger partial charge in [-0.1, -0.05) is 13.8 Å². The SMILES string of the molecule is CC(C)C(C(=O)O)S(=O)Cc1cc(F)cc(C#N)c1. The minimum atomic E-state index is -1.66. The zero-order valence-corrected chi connectivity index (χ0v) is 11.4. The molecule has 0 fully saturated rings. The minimum Gasteiger partial charge on any atom is -0.480 e. The van der Waals surface area contributed by atoms with Crippen LogP contribution in [0.1, 0.15) is 25.0 Å². The summed E-state index contributed by atoms with van der Waals surface area (Å²) in [5.74, 6) is -2.10. The molecule has 0 aliphatic rings. The Morgan fingerprint density at radius 3 is 2.58 bits per heavy atom. The Kier molecular flexibility index (Phi) is 5.19. The monoisotopic (exact) mass is 283 g/mol. The van der Waals surface area contributed by atoms with Gasteiger partial charge in [0.25, 0.3) is 0 Å². The number of carbonyl (C=O) groups is 1. The zero-order chi connectivity index (χ0) is 14.6. The first-order chi connectivity index (χ1) is 8.85. The van der Waals surface area contributed by atoms with Gasteiger partial charge in [0.15, 0.2) is 0 Å². The summed E-state index contributed by atoms with van der Waals surface area (Å²) in [6.45, 7) is 3.34. The Hall–Kier alpha value is -1.74. The molecule has 4 nitrogen and oxygen atoms in total. The highest BCUT2D eigenvalue weighted by Gasteiger charge is 2.28. The Bertz CT molecular complexity index is 551. The van der Waals surface area contributed by atoms with E-state index in [0.29, 0.717) is 5.56 Å². The molecule has 1 N–H and O–H groups in total. The van der Waals surface area contributed by atoms with Crippen molar-refractivity contribution in [1.29, 1.82) is 5.26 Å². The van der Waals surface area contributed by atoms with Gasteiger partial charge in [0.05, 0.1) is 11.6 Å². The highest BCUT2D eigenvalue weighted by Crippen LogP contribution is 2.16. The summed E-state index contributed by atoms with van der Waals surface area (Å²) in [6.07, 6.45) is 0. The van der Waals surface area contributed by atoms with E-state index in [0.717, 1.165) is 12.1 Å². The third-order valence-electron chi connectivity index (χ3n) is 2.53. The van der Waals surface area contributed by atoms with Crippen LogP contribution in [-0.2, 0) is 21.3 Å². The van der Waals surface area contributed by atoms with Crippen LogP contribution in [0.2, 0.25) is 0 Å². The third kappa shape index (κ3) is 4.14. The van der Waals surface area contributed by atoms with Crippen LogP contribution in [0, 0.1) is 23.1 Å². The van der Waals surface area contributed by atoms with Crippen LogP contribution in [0.4, 0.5) is 4.39 Å². The van der Waals surface area contributed by atoms with Crippen molar-refractivity contribution in [1.82, 2.24) is 0 Å². The predicted octanol–water partition coefficient (Wildman–Crippen LogP) is 2.06. The molecule has 0 aliphatic carbocycles. The molecule has 0 spiro atoms. The van der Waals surface area contributed by atoms with Crippen molar-refractivity contribution < 1.29 is 18.5 Å². The number of benzene rings is 1. The van der Waals surface area contributed by atoms with E-state index < -0.39 is 27.8 Å². The molecule has 1 aromatic rings. The lowest BCUT2D eigenvalue weighted by Crippen LogP contribution is -2.31. The van der Waals surface area contributed by atoms with Crippen molar-refractivity contribution in [2.45, 2.75) is 24.9 Å². The number of rotatable bonds is 5. The van der Waals surface area contributed by atoms with E-state index in [1.54, 1.807) is 19.9 Å². The number of hydrogen-bond donors (Lipinski definition) is 1. The molecule has 2 unspecified atom stereocenters. The van der Waals surface area contributed by atoms with Crippen LogP contribution in [0.3, 0.4) is 0 Å².